The second kappa shape index (κ2) is 7.40. The van der Waals surface area contributed by atoms with E-state index in [0.29, 0.717) is 5.02 Å². The fourth-order valence-corrected chi connectivity index (χ4v) is 2.89. The zero-order valence-corrected chi connectivity index (χ0v) is 13.3. The highest BCUT2D eigenvalue weighted by atomic mass is 35.5. The molecule has 0 spiro atoms. The lowest BCUT2D eigenvalue weighted by Crippen LogP contribution is -2.02. The third-order valence-corrected chi connectivity index (χ3v) is 4.20. The van der Waals surface area contributed by atoms with Crippen molar-refractivity contribution >= 4 is 23.5 Å². The van der Waals surface area contributed by atoms with Gasteiger partial charge in [-0.05, 0) is 53.9 Å². The minimum absolute atomic E-state index is 0.665. The van der Waals surface area contributed by atoms with Gasteiger partial charge in [0.2, 0.25) is 0 Å². The van der Waals surface area contributed by atoms with Crippen LogP contribution in [0.5, 0.6) is 0 Å². The van der Waals surface area contributed by atoms with Crippen molar-refractivity contribution < 1.29 is 0 Å². The molecule has 1 N–H and O–H groups in total. The van der Waals surface area contributed by atoms with Gasteiger partial charge in [0.05, 0.1) is 10.7 Å². The Labute approximate surface area is 138 Å². The van der Waals surface area contributed by atoms with Gasteiger partial charge >= 0.3 is 0 Å². The number of hydrogen-bond donors (Lipinski definition) is 1. The predicted molar refractivity (Wildman–Crippen MR) is 91.6 cm³/mol. The van der Waals surface area contributed by atoms with Gasteiger partial charge in [-0.15, -0.1) is 0 Å². The molecular weight excluding hydrogens is 314 g/mol. The van der Waals surface area contributed by atoms with E-state index in [0.717, 1.165) is 22.7 Å². The van der Waals surface area contributed by atoms with Gasteiger partial charge < -0.3 is 0 Å². The molecule has 0 fully saturated rings. The van der Waals surface area contributed by atoms with Gasteiger partial charge in [0.1, 0.15) is 0 Å². The first-order valence-corrected chi connectivity index (χ1v) is 8.02. The van der Waals surface area contributed by atoms with Crippen LogP contribution in [0.2, 0.25) is 5.02 Å². The van der Waals surface area contributed by atoms with Gasteiger partial charge in [-0.25, -0.2) is 0 Å². The van der Waals surface area contributed by atoms with E-state index in [1.807, 2.05) is 36.4 Å². The van der Waals surface area contributed by atoms with Crippen molar-refractivity contribution in [2.75, 3.05) is 0 Å². The van der Waals surface area contributed by atoms with E-state index in [2.05, 4.69) is 26.8 Å². The Morgan fingerprint density at radius 3 is 2.45 bits per heavy atom. The number of aromatic nitrogens is 2. The molecule has 5 heteroatoms. The first kappa shape index (κ1) is 15.0. The molecule has 110 valence electrons. The maximum absolute atomic E-state index is 6.16. The number of benzene rings is 1. The monoisotopic (exact) mass is 327 g/mol. The van der Waals surface area contributed by atoms with Crippen molar-refractivity contribution in [2.24, 2.45) is 0 Å². The Morgan fingerprint density at radius 2 is 1.73 bits per heavy atom. The lowest BCUT2D eigenvalue weighted by Gasteiger charge is -2.06. The Bertz CT molecular complexity index is 732. The molecule has 0 unspecified atom stereocenters. The Morgan fingerprint density at radius 1 is 0.955 bits per heavy atom. The number of hydrogen-bond acceptors (Lipinski definition) is 4. The molecular formula is C17H14ClN3S. The summed E-state index contributed by atoms with van der Waals surface area (Å²) >= 11 is 7.76. The van der Waals surface area contributed by atoms with Gasteiger partial charge in [0, 0.05) is 35.6 Å². The minimum Gasteiger partial charge on any atom is -0.265 e. The van der Waals surface area contributed by atoms with Crippen LogP contribution < -0.4 is 4.72 Å². The van der Waals surface area contributed by atoms with E-state index < -0.39 is 0 Å². The van der Waals surface area contributed by atoms with E-state index in [1.165, 1.54) is 5.56 Å². The normalized spacial score (nSPS) is 10.6. The van der Waals surface area contributed by atoms with E-state index in [4.69, 9.17) is 11.6 Å². The second-order valence-electron chi connectivity index (χ2n) is 4.64. The highest BCUT2D eigenvalue weighted by Crippen LogP contribution is 2.26. The number of rotatable bonds is 5. The van der Waals surface area contributed by atoms with Crippen LogP contribution >= 0.6 is 23.5 Å². The summed E-state index contributed by atoms with van der Waals surface area (Å²) in [6.07, 6.45) is 5.35. The van der Waals surface area contributed by atoms with Crippen LogP contribution in [-0.2, 0) is 6.54 Å². The second-order valence-corrected chi connectivity index (χ2v) is 6.01. The standard InChI is InChI=1S/C17H14ClN3S/c18-16-2-1-9-20-17(16)14-3-5-15(6-4-14)22-21-12-13-7-10-19-11-8-13/h1-11,21H,12H2. The molecule has 2 aromatic heterocycles. The quantitative estimate of drug-likeness (QED) is 0.695. The fraction of sp³-hybridized carbons (Fsp3) is 0.0588. The van der Waals surface area contributed by atoms with E-state index in [-0.39, 0.29) is 0 Å². The summed E-state index contributed by atoms with van der Waals surface area (Å²) in [4.78, 5) is 9.47. The summed E-state index contributed by atoms with van der Waals surface area (Å²) in [6.45, 7) is 0.793. The highest BCUT2D eigenvalue weighted by molar-refractivity contribution is 7.97. The first-order valence-electron chi connectivity index (χ1n) is 6.82. The van der Waals surface area contributed by atoms with Crippen LogP contribution in [0.3, 0.4) is 0 Å². The molecule has 2 heterocycles. The number of pyridine rings is 2. The van der Waals surface area contributed by atoms with E-state index in [9.17, 15) is 0 Å². The van der Waals surface area contributed by atoms with Crippen molar-refractivity contribution in [3.8, 4) is 11.3 Å². The van der Waals surface area contributed by atoms with Crippen molar-refractivity contribution in [2.45, 2.75) is 11.4 Å². The molecule has 3 nitrogen and oxygen atoms in total. The summed E-state index contributed by atoms with van der Waals surface area (Å²) in [6, 6.07) is 15.9. The zero-order chi connectivity index (χ0) is 15.2. The SMILES string of the molecule is Clc1cccnc1-c1ccc(SNCc2ccncc2)cc1. The number of nitrogens with one attached hydrogen (secondary N) is 1. The molecule has 3 rings (SSSR count). The average Bonchev–Trinajstić information content (AvgIpc) is 2.57. The summed E-state index contributed by atoms with van der Waals surface area (Å²) in [5, 5.41) is 0.665. The van der Waals surface area contributed by atoms with Gasteiger partial charge in [-0.3, -0.25) is 14.7 Å². The highest BCUT2D eigenvalue weighted by Gasteiger charge is 2.04. The third kappa shape index (κ3) is 3.85. The van der Waals surface area contributed by atoms with Crippen molar-refractivity contribution in [3.63, 3.8) is 0 Å². The summed E-state index contributed by atoms with van der Waals surface area (Å²) < 4.78 is 3.34. The summed E-state index contributed by atoms with van der Waals surface area (Å²) in [5.74, 6) is 0. The molecule has 0 aliphatic rings. The van der Waals surface area contributed by atoms with Crippen LogP contribution in [0.4, 0.5) is 0 Å². The largest absolute Gasteiger partial charge is 0.265 e. The van der Waals surface area contributed by atoms with Gasteiger partial charge in [-0.2, -0.15) is 0 Å². The molecule has 0 radical (unpaired) electrons. The molecule has 0 aliphatic carbocycles. The van der Waals surface area contributed by atoms with E-state index in [1.54, 1.807) is 30.5 Å². The molecule has 0 aliphatic heterocycles. The molecule has 0 bridgehead atoms. The first-order chi connectivity index (χ1) is 10.8. The van der Waals surface area contributed by atoms with Crippen LogP contribution in [-0.4, -0.2) is 9.97 Å². The van der Waals surface area contributed by atoms with Crippen LogP contribution in [0.15, 0.2) is 72.0 Å². The third-order valence-electron chi connectivity index (χ3n) is 3.10. The molecule has 0 atom stereocenters. The minimum atomic E-state index is 0.665. The molecule has 0 saturated carbocycles. The average molecular weight is 328 g/mol. The molecule has 22 heavy (non-hydrogen) atoms. The van der Waals surface area contributed by atoms with Crippen LogP contribution in [0, 0.1) is 0 Å². The zero-order valence-electron chi connectivity index (χ0n) is 11.7. The predicted octanol–water partition coefficient (Wildman–Crippen LogP) is 4.59. The topological polar surface area (TPSA) is 37.8 Å². The number of nitrogens with zero attached hydrogens (tertiary/aromatic N) is 2. The van der Waals surface area contributed by atoms with Crippen molar-refractivity contribution in [3.05, 3.63) is 77.7 Å². The Kier molecular flexibility index (Phi) is 5.06. The van der Waals surface area contributed by atoms with Gasteiger partial charge in [-0.1, -0.05) is 23.7 Å². The maximum atomic E-state index is 6.16. The Hall–Kier alpha value is -1.88. The molecule has 0 amide bonds. The van der Waals surface area contributed by atoms with Gasteiger partial charge in [0.15, 0.2) is 0 Å². The lowest BCUT2D eigenvalue weighted by molar-refractivity contribution is 0.969. The van der Waals surface area contributed by atoms with Crippen molar-refractivity contribution in [1.29, 1.82) is 0 Å². The van der Waals surface area contributed by atoms with Crippen LogP contribution in [0.1, 0.15) is 5.56 Å². The smallest absolute Gasteiger partial charge is 0.0888 e. The van der Waals surface area contributed by atoms with E-state index >= 15 is 0 Å². The number of halogens is 1. The van der Waals surface area contributed by atoms with Crippen LogP contribution in [0.25, 0.3) is 11.3 Å². The summed E-state index contributed by atoms with van der Waals surface area (Å²) in [7, 11) is 0. The molecule has 1 aromatic carbocycles. The summed E-state index contributed by atoms with van der Waals surface area (Å²) in [5.41, 5.74) is 3.04. The Balaban J connectivity index is 1.61. The molecule has 0 saturated heterocycles. The fourth-order valence-electron chi connectivity index (χ4n) is 1.98. The van der Waals surface area contributed by atoms with Crippen molar-refractivity contribution in [1.82, 2.24) is 14.7 Å². The van der Waals surface area contributed by atoms with Gasteiger partial charge in [0.25, 0.3) is 0 Å². The molecule has 3 aromatic rings. The maximum Gasteiger partial charge on any atom is 0.0888 e. The lowest BCUT2D eigenvalue weighted by atomic mass is 10.1.